The van der Waals surface area contributed by atoms with Gasteiger partial charge in [-0.05, 0) is 29.3 Å². The number of benzene rings is 1. The normalized spacial score (nSPS) is 10.6. The van der Waals surface area contributed by atoms with E-state index in [2.05, 4.69) is 14.8 Å². The molecule has 0 saturated heterocycles. The van der Waals surface area contributed by atoms with Crippen LogP contribution in [0.5, 0.6) is 0 Å². The molecule has 88 valence electrons. The van der Waals surface area contributed by atoms with Gasteiger partial charge in [-0.25, -0.2) is 9.18 Å². The summed E-state index contributed by atoms with van der Waals surface area (Å²) in [5.74, 6) is -1.31. The summed E-state index contributed by atoms with van der Waals surface area (Å²) >= 11 is 5.75. The molecule has 7 heteroatoms. The van der Waals surface area contributed by atoms with Gasteiger partial charge in [0.2, 0.25) is 0 Å². The highest BCUT2D eigenvalue weighted by Gasteiger charge is 2.09. The highest BCUT2D eigenvalue weighted by molar-refractivity contribution is 6.32. The van der Waals surface area contributed by atoms with Crippen molar-refractivity contribution in [1.82, 2.24) is 0 Å². The fourth-order valence-electron chi connectivity index (χ4n) is 1.05. The third-order valence-electron chi connectivity index (χ3n) is 1.80. The summed E-state index contributed by atoms with van der Waals surface area (Å²) < 4.78 is 17.2. The van der Waals surface area contributed by atoms with Crippen LogP contribution in [-0.4, -0.2) is 13.1 Å². The quantitative estimate of drug-likeness (QED) is 0.273. The predicted octanol–water partition coefficient (Wildman–Crippen LogP) is 3.30. The number of ether oxygens (including phenoxy) is 1. The molecule has 1 rings (SSSR count). The number of methoxy groups -OCH3 is 1. The molecule has 0 radical (unpaired) electrons. The van der Waals surface area contributed by atoms with E-state index >= 15 is 0 Å². The minimum Gasteiger partial charge on any atom is -0.466 e. The summed E-state index contributed by atoms with van der Waals surface area (Å²) in [6, 6.07) is 3.61. The van der Waals surface area contributed by atoms with Gasteiger partial charge < -0.3 is 4.74 Å². The zero-order valence-electron chi connectivity index (χ0n) is 8.72. The molecule has 0 atom stereocenters. The standard InChI is InChI=1S/C10H7ClFN3O2/c1-17-10(16)9(14-15-13)4-6-2-3-7(12)5-8(6)11/h2-5H,1H3/b9-4-. The molecular weight excluding hydrogens is 249 g/mol. The highest BCUT2D eigenvalue weighted by atomic mass is 35.5. The zero-order chi connectivity index (χ0) is 12.8. The molecule has 0 fully saturated rings. The van der Waals surface area contributed by atoms with Crippen molar-refractivity contribution in [3.8, 4) is 0 Å². The third-order valence-corrected chi connectivity index (χ3v) is 2.13. The average Bonchev–Trinajstić information content (AvgIpc) is 2.30. The van der Waals surface area contributed by atoms with Crippen LogP contribution in [0.3, 0.4) is 0 Å². The first-order valence-corrected chi connectivity index (χ1v) is 4.76. The maximum absolute atomic E-state index is 12.8. The van der Waals surface area contributed by atoms with Gasteiger partial charge in [0.15, 0.2) is 0 Å². The largest absolute Gasteiger partial charge is 0.466 e. The molecule has 0 N–H and O–H groups in total. The second kappa shape index (κ2) is 5.89. The first kappa shape index (κ1) is 13.0. The van der Waals surface area contributed by atoms with Gasteiger partial charge in [-0.15, -0.1) is 0 Å². The second-order valence-electron chi connectivity index (χ2n) is 2.88. The predicted molar refractivity (Wildman–Crippen MR) is 60.5 cm³/mol. The molecule has 0 spiro atoms. The molecule has 0 saturated carbocycles. The Morgan fingerprint density at radius 3 is 2.88 bits per heavy atom. The van der Waals surface area contributed by atoms with Crippen LogP contribution in [0.1, 0.15) is 5.56 Å². The Bertz CT molecular complexity index is 524. The van der Waals surface area contributed by atoms with Crippen LogP contribution in [0.15, 0.2) is 29.0 Å². The summed E-state index contributed by atoms with van der Waals surface area (Å²) in [6.07, 6.45) is 1.22. The molecule has 17 heavy (non-hydrogen) atoms. The molecule has 1 aromatic carbocycles. The van der Waals surface area contributed by atoms with Gasteiger partial charge in [-0.1, -0.05) is 22.8 Å². The first-order valence-electron chi connectivity index (χ1n) is 4.38. The van der Waals surface area contributed by atoms with Gasteiger partial charge in [0.05, 0.1) is 12.1 Å². The van der Waals surface area contributed by atoms with Gasteiger partial charge >= 0.3 is 5.97 Å². The van der Waals surface area contributed by atoms with Crippen molar-refractivity contribution in [2.45, 2.75) is 0 Å². The Balaban J connectivity index is 3.21. The maximum atomic E-state index is 12.8. The Morgan fingerprint density at radius 2 is 2.35 bits per heavy atom. The molecule has 0 heterocycles. The summed E-state index contributed by atoms with van der Waals surface area (Å²) in [5, 5.41) is 3.27. The van der Waals surface area contributed by atoms with E-state index in [9.17, 15) is 9.18 Å². The molecule has 0 aliphatic carbocycles. The lowest BCUT2D eigenvalue weighted by Crippen LogP contribution is -2.02. The number of hydrogen-bond acceptors (Lipinski definition) is 3. The minimum absolute atomic E-state index is 0.0968. The van der Waals surface area contributed by atoms with Crippen LogP contribution in [0, 0.1) is 5.82 Å². The van der Waals surface area contributed by atoms with E-state index in [-0.39, 0.29) is 10.7 Å². The lowest BCUT2D eigenvalue weighted by atomic mass is 10.2. The van der Waals surface area contributed by atoms with Crippen molar-refractivity contribution in [1.29, 1.82) is 0 Å². The summed E-state index contributed by atoms with van der Waals surface area (Å²) in [7, 11) is 1.15. The molecule has 0 aliphatic rings. The molecule has 5 nitrogen and oxygen atoms in total. The summed E-state index contributed by atoms with van der Waals surface area (Å²) in [4.78, 5) is 13.7. The number of hydrogen-bond donors (Lipinski definition) is 0. The lowest BCUT2D eigenvalue weighted by Gasteiger charge is -2.01. The average molecular weight is 256 g/mol. The smallest absolute Gasteiger partial charge is 0.340 e. The Morgan fingerprint density at radius 1 is 1.65 bits per heavy atom. The molecule has 0 aromatic heterocycles. The zero-order valence-corrected chi connectivity index (χ0v) is 9.48. The molecule has 0 bridgehead atoms. The van der Waals surface area contributed by atoms with Crippen molar-refractivity contribution >= 4 is 23.6 Å². The Hall–Kier alpha value is -2.04. The Kier molecular flexibility index (Phi) is 4.51. The van der Waals surface area contributed by atoms with Crippen LogP contribution >= 0.6 is 11.6 Å². The van der Waals surface area contributed by atoms with Gasteiger partial charge in [0.1, 0.15) is 11.5 Å². The van der Waals surface area contributed by atoms with Crippen LogP contribution < -0.4 is 0 Å². The van der Waals surface area contributed by atoms with E-state index in [0.29, 0.717) is 5.56 Å². The molecular formula is C10H7ClFN3O2. The van der Waals surface area contributed by atoms with Crippen molar-refractivity contribution in [3.63, 3.8) is 0 Å². The lowest BCUT2D eigenvalue weighted by molar-refractivity contribution is -0.136. The van der Waals surface area contributed by atoms with Gasteiger partial charge in [0.25, 0.3) is 0 Å². The van der Waals surface area contributed by atoms with Gasteiger partial charge in [-0.2, -0.15) is 0 Å². The van der Waals surface area contributed by atoms with E-state index in [1.807, 2.05) is 0 Å². The second-order valence-corrected chi connectivity index (χ2v) is 3.28. The fourth-order valence-corrected chi connectivity index (χ4v) is 1.27. The first-order chi connectivity index (χ1) is 8.08. The number of azide groups is 1. The number of nitrogens with zero attached hydrogens (tertiary/aromatic N) is 3. The summed E-state index contributed by atoms with van der Waals surface area (Å²) in [6.45, 7) is 0. The SMILES string of the molecule is COC(=O)/C(=C/c1ccc(F)cc1Cl)N=[N+]=[N-]. The van der Waals surface area contributed by atoms with Gasteiger partial charge in [0, 0.05) is 4.91 Å². The van der Waals surface area contributed by atoms with E-state index in [1.165, 1.54) is 18.2 Å². The van der Waals surface area contributed by atoms with Gasteiger partial charge in [-0.3, -0.25) is 0 Å². The van der Waals surface area contributed by atoms with Crippen molar-refractivity contribution in [3.05, 3.63) is 50.7 Å². The van der Waals surface area contributed by atoms with Crippen molar-refractivity contribution in [2.75, 3.05) is 7.11 Å². The number of rotatable bonds is 3. The maximum Gasteiger partial charge on any atom is 0.340 e. The monoisotopic (exact) mass is 255 g/mol. The van der Waals surface area contributed by atoms with E-state index in [4.69, 9.17) is 17.1 Å². The fraction of sp³-hybridized carbons (Fsp3) is 0.100. The molecule has 1 aromatic rings. The van der Waals surface area contributed by atoms with Crippen molar-refractivity contribution in [2.24, 2.45) is 5.11 Å². The minimum atomic E-state index is -0.803. The van der Waals surface area contributed by atoms with Crippen LogP contribution in [0.25, 0.3) is 16.5 Å². The van der Waals surface area contributed by atoms with E-state index in [1.54, 1.807) is 0 Å². The molecule has 0 amide bonds. The van der Waals surface area contributed by atoms with Crippen molar-refractivity contribution < 1.29 is 13.9 Å². The van der Waals surface area contributed by atoms with Crippen LogP contribution in [-0.2, 0) is 9.53 Å². The molecule has 0 unspecified atom stereocenters. The van der Waals surface area contributed by atoms with Crippen LogP contribution in [0.4, 0.5) is 4.39 Å². The van der Waals surface area contributed by atoms with Crippen LogP contribution in [0.2, 0.25) is 5.02 Å². The molecule has 0 aliphatic heterocycles. The van der Waals surface area contributed by atoms with E-state index in [0.717, 1.165) is 13.2 Å². The number of halogens is 2. The topological polar surface area (TPSA) is 75.1 Å². The summed E-state index contributed by atoms with van der Waals surface area (Å²) in [5.41, 5.74) is 8.38. The highest BCUT2D eigenvalue weighted by Crippen LogP contribution is 2.20. The number of carbonyl (C=O) groups excluding carboxylic acids is 1. The Labute approximate surface area is 101 Å². The number of esters is 1. The van der Waals surface area contributed by atoms with E-state index < -0.39 is 11.8 Å². The number of carbonyl (C=O) groups is 1. The third kappa shape index (κ3) is 3.48.